The Balaban J connectivity index is 0. The molecule has 0 bridgehead atoms. The number of ether oxygens (including phenoxy) is 1. The minimum atomic E-state index is -0.431. The molecular formula is C14H25NaO3. The van der Waals surface area contributed by atoms with E-state index in [0.29, 0.717) is 6.42 Å². The Morgan fingerprint density at radius 3 is 2.11 bits per heavy atom. The van der Waals surface area contributed by atoms with Gasteiger partial charge in [0.1, 0.15) is 0 Å². The Bertz CT molecular complexity index is 239. The van der Waals surface area contributed by atoms with E-state index >= 15 is 0 Å². The van der Waals surface area contributed by atoms with Crippen LogP contribution in [0.25, 0.3) is 0 Å². The third-order valence-electron chi connectivity index (χ3n) is 2.56. The van der Waals surface area contributed by atoms with Crippen molar-refractivity contribution in [3.63, 3.8) is 0 Å². The van der Waals surface area contributed by atoms with Crippen LogP contribution in [0.1, 0.15) is 64.7 Å². The van der Waals surface area contributed by atoms with Crippen LogP contribution in [0.3, 0.4) is 0 Å². The summed E-state index contributed by atoms with van der Waals surface area (Å²) in [4.78, 5) is 21.9. The first-order valence-electron chi connectivity index (χ1n) is 6.55. The molecule has 0 aliphatic heterocycles. The summed E-state index contributed by atoms with van der Waals surface area (Å²) < 4.78 is 4.57. The predicted octanol–water partition coefficient (Wildman–Crippen LogP) is 3.12. The van der Waals surface area contributed by atoms with E-state index in [9.17, 15) is 9.59 Å². The summed E-state index contributed by atoms with van der Waals surface area (Å²) in [7, 11) is 0. The molecule has 4 heteroatoms. The number of rotatable bonds is 10. The molecule has 3 nitrogen and oxygen atoms in total. The van der Waals surface area contributed by atoms with Gasteiger partial charge in [0.15, 0.2) is 0 Å². The second-order valence-electron chi connectivity index (χ2n) is 4.15. The maximum absolute atomic E-state index is 11.1. The van der Waals surface area contributed by atoms with Crippen molar-refractivity contribution in [2.75, 3.05) is 0 Å². The average Bonchev–Trinajstić information content (AvgIpc) is 2.32. The van der Waals surface area contributed by atoms with E-state index in [0.717, 1.165) is 25.7 Å². The minimum absolute atomic E-state index is 0. The summed E-state index contributed by atoms with van der Waals surface area (Å²) in [6, 6.07) is 0. The molecule has 100 valence electrons. The van der Waals surface area contributed by atoms with Crippen LogP contribution in [0.15, 0.2) is 12.7 Å². The SMILES string of the molecule is C=CCCCCCCCCC(=O)OC(=O)CC.[NaH]. The molecule has 0 rings (SSSR count). The summed E-state index contributed by atoms with van der Waals surface area (Å²) in [5, 5.41) is 0. The Hall–Kier alpha value is -0.120. The number of unbranched alkanes of at least 4 members (excludes halogenated alkanes) is 6. The van der Waals surface area contributed by atoms with Crippen LogP contribution >= 0.6 is 0 Å². The van der Waals surface area contributed by atoms with Crippen molar-refractivity contribution in [1.29, 1.82) is 0 Å². The second-order valence-corrected chi connectivity index (χ2v) is 4.15. The first-order valence-corrected chi connectivity index (χ1v) is 6.55. The van der Waals surface area contributed by atoms with Gasteiger partial charge in [0.05, 0.1) is 0 Å². The van der Waals surface area contributed by atoms with Gasteiger partial charge < -0.3 is 4.74 Å². The number of hydrogen-bond donors (Lipinski definition) is 0. The van der Waals surface area contributed by atoms with E-state index in [-0.39, 0.29) is 41.9 Å². The number of carbonyl (C=O) groups is 2. The Morgan fingerprint density at radius 2 is 1.56 bits per heavy atom. The molecule has 0 atom stereocenters. The summed E-state index contributed by atoms with van der Waals surface area (Å²) in [5.74, 6) is -0.817. The van der Waals surface area contributed by atoms with Gasteiger partial charge in [0, 0.05) is 12.8 Å². The molecule has 0 aromatic carbocycles. The van der Waals surface area contributed by atoms with Crippen LogP contribution in [0.5, 0.6) is 0 Å². The zero-order chi connectivity index (χ0) is 12.9. The zero-order valence-electron chi connectivity index (χ0n) is 10.9. The molecule has 18 heavy (non-hydrogen) atoms. The van der Waals surface area contributed by atoms with Crippen LogP contribution in [0, 0.1) is 0 Å². The molecule has 0 spiro atoms. The van der Waals surface area contributed by atoms with Crippen molar-refractivity contribution in [3.8, 4) is 0 Å². The maximum atomic E-state index is 11.1. The van der Waals surface area contributed by atoms with Crippen molar-refractivity contribution in [1.82, 2.24) is 0 Å². The van der Waals surface area contributed by atoms with Crippen LogP contribution < -0.4 is 0 Å². The third kappa shape index (κ3) is 13.9. The summed E-state index contributed by atoms with van der Waals surface area (Å²) in [5.41, 5.74) is 0. The van der Waals surface area contributed by atoms with Gasteiger partial charge in [-0.2, -0.15) is 0 Å². The van der Waals surface area contributed by atoms with Crippen molar-refractivity contribution in [3.05, 3.63) is 12.7 Å². The fraction of sp³-hybridized carbons (Fsp3) is 0.714. The zero-order valence-corrected chi connectivity index (χ0v) is 10.9. The normalized spacial score (nSPS) is 9.39. The molecule has 0 saturated carbocycles. The number of allylic oxidation sites excluding steroid dienone is 1. The van der Waals surface area contributed by atoms with Crippen LogP contribution in [-0.4, -0.2) is 41.5 Å². The Kier molecular flexibility index (Phi) is 16.8. The molecular weight excluding hydrogens is 239 g/mol. The van der Waals surface area contributed by atoms with Gasteiger partial charge in [-0.25, -0.2) is 0 Å². The van der Waals surface area contributed by atoms with Crippen LogP contribution in [0.4, 0.5) is 0 Å². The molecule has 0 radical (unpaired) electrons. The topological polar surface area (TPSA) is 43.4 Å². The number of carbonyl (C=O) groups excluding carboxylic acids is 2. The van der Waals surface area contributed by atoms with Gasteiger partial charge >= 0.3 is 41.5 Å². The number of hydrogen-bond acceptors (Lipinski definition) is 3. The monoisotopic (exact) mass is 264 g/mol. The third-order valence-corrected chi connectivity index (χ3v) is 2.56. The molecule has 0 fully saturated rings. The molecule has 0 heterocycles. The van der Waals surface area contributed by atoms with E-state index in [1.165, 1.54) is 19.3 Å². The van der Waals surface area contributed by atoms with Gasteiger partial charge in [-0.15, -0.1) is 6.58 Å². The van der Waals surface area contributed by atoms with Crippen LogP contribution in [-0.2, 0) is 14.3 Å². The second kappa shape index (κ2) is 14.9. The molecule has 0 aromatic rings. The first kappa shape index (κ1) is 20.2. The van der Waals surface area contributed by atoms with E-state index in [4.69, 9.17) is 0 Å². The van der Waals surface area contributed by atoms with E-state index in [1.807, 2.05) is 6.08 Å². The molecule has 0 amide bonds. The standard InChI is InChI=1S/C14H24O3.Na.H/c1-3-5-6-7-8-9-10-11-12-14(16)17-13(15)4-2;;/h3H,1,4-12H2,2H3;;. The van der Waals surface area contributed by atoms with E-state index < -0.39 is 5.97 Å². The van der Waals surface area contributed by atoms with Gasteiger partial charge in [-0.1, -0.05) is 38.7 Å². The molecule has 0 aliphatic carbocycles. The molecule has 0 aliphatic rings. The number of esters is 2. The van der Waals surface area contributed by atoms with Crippen molar-refractivity contribution in [2.45, 2.75) is 64.7 Å². The fourth-order valence-corrected chi connectivity index (χ4v) is 1.52. The van der Waals surface area contributed by atoms with E-state index in [1.54, 1.807) is 6.92 Å². The molecule has 0 unspecified atom stereocenters. The van der Waals surface area contributed by atoms with Crippen LogP contribution in [0.2, 0.25) is 0 Å². The molecule has 0 saturated heterocycles. The quantitative estimate of drug-likeness (QED) is 0.200. The summed E-state index contributed by atoms with van der Waals surface area (Å²) in [6.45, 7) is 5.36. The van der Waals surface area contributed by atoms with E-state index in [2.05, 4.69) is 11.3 Å². The van der Waals surface area contributed by atoms with Gasteiger partial charge in [0.2, 0.25) is 0 Å². The average molecular weight is 264 g/mol. The van der Waals surface area contributed by atoms with Crippen molar-refractivity contribution in [2.24, 2.45) is 0 Å². The first-order chi connectivity index (χ1) is 8.20. The predicted molar refractivity (Wildman–Crippen MR) is 75.7 cm³/mol. The Morgan fingerprint density at radius 1 is 1.00 bits per heavy atom. The Labute approximate surface area is 133 Å². The van der Waals surface area contributed by atoms with Gasteiger partial charge in [-0.05, 0) is 19.3 Å². The fourth-order valence-electron chi connectivity index (χ4n) is 1.52. The summed E-state index contributed by atoms with van der Waals surface area (Å²) in [6.07, 6.45) is 10.3. The molecule has 0 N–H and O–H groups in total. The van der Waals surface area contributed by atoms with Gasteiger partial charge in [-0.3, -0.25) is 9.59 Å². The van der Waals surface area contributed by atoms with Gasteiger partial charge in [0.25, 0.3) is 0 Å². The summed E-state index contributed by atoms with van der Waals surface area (Å²) >= 11 is 0. The molecule has 0 aromatic heterocycles. The van der Waals surface area contributed by atoms with Crippen molar-refractivity contribution >= 4 is 41.5 Å². The van der Waals surface area contributed by atoms with Crippen molar-refractivity contribution < 1.29 is 14.3 Å².